The standard InChI is InChI=1S/C23H38N2O5/c1-18(2)29-14-4-11-24-15-19-5-7-22(8-6-19)30-17-21(26)16-25-12-9-20(10-13-25)23(27)28-3/h5-8,18,20-21,24,26H,4,9-17H2,1-3H3/t21-/m1/s1. The first-order valence-electron chi connectivity index (χ1n) is 11.0. The summed E-state index contributed by atoms with van der Waals surface area (Å²) in [5.74, 6) is 0.617. The zero-order chi connectivity index (χ0) is 21.8. The van der Waals surface area contributed by atoms with Gasteiger partial charge in [0, 0.05) is 19.7 Å². The number of benzene rings is 1. The highest BCUT2D eigenvalue weighted by Gasteiger charge is 2.26. The summed E-state index contributed by atoms with van der Waals surface area (Å²) in [6.07, 6.45) is 2.28. The number of β-amino-alcohol motifs (C(OH)–C–C–N with tert-alkyl or cyclic N) is 1. The molecule has 2 rings (SSSR count). The SMILES string of the molecule is COC(=O)C1CCN(C[C@@H](O)COc2ccc(CNCCCOC(C)C)cc2)CC1. The van der Waals surface area contributed by atoms with Gasteiger partial charge in [-0.2, -0.15) is 0 Å². The van der Waals surface area contributed by atoms with Crippen LogP contribution in [0.2, 0.25) is 0 Å². The van der Waals surface area contributed by atoms with Gasteiger partial charge in [0.2, 0.25) is 0 Å². The van der Waals surface area contributed by atoms with Crippen LogP contribution in [-0.4, -0.2) is 74.7 Å². The maximum atomic E-state index is 11.6. The van der Waals surface area contributed by atoms with E-state index in [9.17, 15) is 9.90 Å². The van der Waals surface area contributed by atoms with Crippen LogP contribution in [0.25, 0.3) is 0 Å². The number of nitrogens with zero attached hydrogens (tertiary/aromatic N) is 1. The second-order valence-electron chi connectivity index (χ2n) is 8.16. The first-order valence-corrected chi connectivity index (χ1v) is 11.0. The molecule has 7 heteroatoms. The molecule has 1 aliphatic rings. The van der Waals surface area contributed by atoms with Crippen LogP contribution in [0.5, 0.6) is 5.75 Å². The number of carbonyl (C=O) groups excluding carboxylic acids is 1. The Morgan fingerprint density at radius 2 is 1.93 bits per heavy atom. The summed E-state index contributed by atoms with van der Waals surface area (Å²) in [7, 11) is 1.43. The number of methoxy groups -OCH3 is 1. The molecule has 30 heavy (non-hydrogen) atoms. The molecule has 1 atom stereocenters. The van der Waals surface area contributed by atoms with Gasteiger partial charge in [-0.05, 0) is 70.4 Å². The molecule has 0 saturated carbocycles. The van der Waals surface area contributed by atoms with E-state index in [4.69, 9.17) is 14.2 Å². The fraction of sp³-hybridized carbons (Fsp3) is 0.696. The third-order valence-corrected chi connectivity index (χ3v) is 5.23. The van der Waals surface area contributed by atoms with Gasteiger partial charge >= 0.3 is 5.97 Å². The quantitative estimate of drug-likeness (QED) is 0.373. The zero-order valence-electron chi connectivity index (χ0n) is 18.6. The predicted octanol–water partition coefficient (Wildman–Crippen LogP) is 2.22. The second kappa shape index (κ2) is 13.6. The summed E-state index contributed by atoms with van der Waals surface area (Å²) in [4.78, 5) is 13.8. The minimum absolute atomic E-state index is 0.0129. The van der Waals surface area contributed by atoms with Gasteiger partial charge in [0.25, 0.3) is 0 Å². The number of carbonyl (C=O) groups is 1. The minimum atomic E-state index is -0.561. The molecule has 0 amide bonds. The topological polar surface area (TPSA) is 80.3 Å². The summed E-state index contributed by atoms with van der Waals surface area (Å²) < 4.78 is 16.1. The van der Waals surface area contributed by atoms with E-state index in [0.29, 0.717) is 6.54 Å². The van der Waals surface area contributed by atoms with E-state index in [1.165, 1.54) is 12.7 Å². The highest BCUT2D eigenvalue weighted by atomic mass is 16.5. The van der Waals surface area contributed by atoms with Crippen LogP contribution in [0.15, 0.2) is 24.3 Å². The van der Waals surface area contributed by atoms with Crippen molar-refractivity contribution >= 4 is 5.97 Å². The first kappa shape index (κ1) is 24.6. The Morgan fingerprint density at radius 3 is 2.57 bits per heavy atom. The Labute approximate surface area is 180 Å². The van der Waals surface area contributed by atoms with Gasteiger partial charge in [-0.15, -0.1) is 0 Å². The lowest BCUT2D eigenvalue weighted by molar-refractivity contribution is -0.147. The van der Waals surface area contributed by atoms with Crippen molar-refractivity contribution in [2.45, 2.75) is 51.9 Å². The van der Waals surface area contributed by atoms with Crippen molar-refractivity contribution in [3.63, 3.8) is 0 Å². The summed E-state index contributed by atoms with van der Waals surface area (Å²) in [5, 5.41) is 13.7. The number of aliphatic hydroxyl groups excluding tert-OH is 1. The van der Waals surface area contributed by atoms with Crippen molar-refractivity contribution in [1.82, 2.24) is 10.2 Å². The Hall–Kier alpha value is -1.67. The molecule has 1 aliphatic heterocycles. The first-order chi connectivity index (χ1) is 14.5. The van der Waals surface area contributed by atoms with E-state index in [1.54, 1.807) is 0 Å². The highest BCUT2D eigenvalue weighted by molar-refractivity contribution is 5.72. The van der Waals surface area contributed by atoms with Crippen molar-refractivity contribution in [2.24, 2.45) is 5.92 Å². The van der Waals surface area contributed by atoms with Gasteiger partial charge in [-0.25, -0.2) is 0 Å². The van der Waals surface area contributed by atoms with Crippen molar-refractivity contribution in [1.29, 1.82) is 0 Å². The number of hydrogen-bond donors (Lipinski definition) is 2. The average molecular weight is 423 g/mol. The second-order valence-corrected chi connectivity index (χ2v) is 8.16. The molecular formula is C23H38N2O5. The molecule has 1 heterocycles. The fourth-order valence-electron chi connectivity index (χ4n) is 3.51. The van der Waals surface area contributed by atoms with Crippen LogP contribution in [0, 0.1) is 5.92 Å². The van der Waals surface area contributed by atoms with E-state index < -0.39 is 6.10 Å². The number of ether oxygens (including phenoxy) is 3. The molecular weight excluding hydrogens is 384 g/mol. The number of likely N-dealkylation sites (tertiary alicyclic amines) is 1. The minimum Gasteiger partial charge on any atom is -0.491 e. The fourth-order valence-corrected chi connectivity index (χ4v) is 3.51. The third-order valence-electron chi connectivity index (χ3n) is 5.23. The third kappa shape index (κ3) is 9.43. The molecule has 1 aromatic rings. The van der Waals surface area contributed by atoms with Crippen LogP contribution in [0.1, 0.15) is 38.7 Å². The van der Waals surface area contributed by atoms with E-state index in [-0.39, 0.29) is 24.6 Å². The Morgan fingerprint density at radius 1 is 1.23 bits per heavy atom. The molecule has 1 saturated heterocycles. The predicted molar refractivity (Wildman–Crippen MR) is 117 cm³/mol. The van der Waals surface area contributed by atoms with Crippen LogP contribution < -0.4 is 10.1 Å². The van der Waals surface area contributed by atoms with Crippen molar-refractivity contribution in [3.05, 3.63) is 29.8 Å². The van der Waals surface area contributed by atoms with E-state index >= 15 is 0 Å². The maximum absolute atomic E-state index is 11.6. The highest BCUT2D eigenvalue weighted by Crippen LogP contribution is 2.19. The molecule has 0 spiro atoms. The summed E-state index contributed by atoms with van der Waals surface area (Å²) in [5.41, 5.74) is 1.20. The molecule has 0 aromatic heterocycles. The number of rotatable bonds is 13. The number of hydrogen-bond acceptors (Lipinski definition) is 7. The van der Waals surface area contributed by atoms with E-state index in [0.717, 1.165) is 57.8 Å². The molecule has 0 bridgehead atoms. The summed E-state index contributed by atoms with van der Waals surface area (Å²) >= 11 is 0. The van der Waals surface area contributed by atoms with Crippen LogP contribution in [-0.2, 0) is 20.8 Å². The van der Waals surface area contributed by atoms with Gasteiger partial charge in [0.05, 0.1) is 19.1 Å². The maximum Gasteiger partial charge on any atom is 0.308 e. The Balaban J connectivity index is 1.59. The largest absolute Gasteiger partial charge is 0.491 e. The lowest BCUT2D eigenvalue weighted by Crippen LogP contribution is -2.42. The molecule has 0 radical (unpaired) electrons. The van der Waals surface area contributed by atoms with E-state index in [1.807, 2.05) is 38.1 Å². The number of piperidine rings is 1. The van der Waals surface area contributed by atoms with Gasteiger partial charge in [-0.1, -0.05) is 12.1 Å². The molecule has 0 unspecified atom stereocenters. The molecule has 2 N–H and O–H groups in total. The van der Waals surface area contributed by atoms with Gasteiger partial charge in [-0.3, -0.25) is 4.79 Å². The molecule has 7 nitrogen and oxygen atoms in total. The lowest BCUT2D eigenvalue weighted by Gasteiger charge is -2.31. The lowest BCUT2D eigenvalue weighted by atomic mass is 9.97. The van der Waals surface area contributed by atoms with Crippen molar-refractivity contribution < 1.29 is 24.1 Å². The molecule has 1 aromatic carbocycles. The summed E-state index contributed by atoms with van der Waals surface area (Å²) in [6, 6.07) is 7.95. The molecule has 170 valence electrons. The Kier molecular flexibility index (Phi) is 11.1. The van der Waals surface area contributed by atoms with Gasteiger partial charge < -0.3 is 29.5 Å². The van der Waals surface area contributed by atoms with Crippen LogP contribution in [0.4, 0.5) is 0 Å². The number of aliphatic hydroxyl groups is 1. The zero-order valence-corrected chi connectivity index (χ0v) is 18.6. The monoisotopic (exact) mass is 422 g/mol. The number of nitrogens with one attached hydrogen (secondary N) is 1. The number of esters is 1. The summed E-state index contributed by atoms with van der Waals surface area (Å²) in [6.45, 7) is 9.00. The van der Waals surface area contributed by atoms with E-state index in [2.05, 4.69) is 10.2 Å². The van der Waals surface area contributed by atoms with Gasteiger partial charge in [0.15, 0.2) is 0 Å². The van der Waals surface area contributed by atoms with Crippen molar-refractivity contribution in [2.75, 3.05) is 46.5 Å². The Bertz CT molecular complexity index is 600. The average Bonchev–Trinajstić information content (AvgIpc) is 2.75. The molecule has 1 fully saturated rings. The normalized spacial score (nSPS) is 16.6. The molecule has 0 aliphatic carbocycles. The van der Waals surface area contributed by atoms with Gasteiger partial charge in [0.1, 0.15) is 18.5 Å². The smallest absolute Gasteiger partial charge is 0.308 e. The van der Waals surface area contributed by atoms with Crippen LogP contribution in [0.3, 0.4) is 0 Å². The van der Waals surface area contributed by atoms with Crippen LogP contribution >= 0.6 is 0 Å². The van der Waals surface area contributed by atoms with Crippen molar-refractivity contribution in [3.8, 4) is 5.75 Å².